The van der Waals surface area contributed by atoms with Gasteiger partial charge in [-0.05, 0) is 32.4 Å². The van der Waals surface area contributed by atoms with E-state index in [0.717, 1.165) is 12.8 Å². The van der Waals surface area contributed by atoms with Crippen LogP contribution < -0.4 is 10.6 Å². The molecule has 0 aliphatic heterocycles. The molecule has 0 atom stereocenters. The van der Waals surface area contributed by atoms with Crippen LogP contribution in [-0.2, 0) is 9.59 Å². The van der Waals surface area contributed by atoms with Gasteiger partial charge < -0.3 is 15.7 Å². The van der Waals surface area contributed by atoms with Gasteiger partial charge in [0, 0.05) is 6.42 Å². The number of aliphatic carboxylic acids is 1. The van der Waals surface area contributed by atoms with Crippen LogP contribution in [0, 0.1) is 0 Å². The Balaban J connectivity index is 0. The normalized spacial score (nSPS) is 10.2. The van der Waals surface area contributed by atoms with Crippen molar-refractivity contribution in [3.8, 4) is 0 Å². The molecule has 0 heterocycles. The molecule has 1 amide bonds. The van der Waals surface area contributed by atoms with Crippen LogP contribution in [0.1, 0.15) is 111 Å². The number of carboxylic acid groups (broad SMARTS) is 1. The smallest absolute Gasteiger partial charge is 0.322 e. The number of carbonyl (C=O) groups excluding carboxylic acids is 1. The molecule has 0 aliphatic rings. The van der Waals surface area contributed by atoms with Gasteiger partial charge in [0.25, 0.3) is 0 Å². The average molecular weight is 387 g/mol. The molecule has 0 unspecified atom stereocenters. The first-order valence-corrected chi connectivity index (χ1v) is 11.3. The molecular formula is C22H46N2O3. The standard InChI is InChI=1S/C14H27NO3.C8H19N/c1-2-3-4-5-6-7-8-9-10-11-13(16)15-12-14(17)18;1-3-5-7-9-8-6-4-2/h2-12H2,1H3,(H,15,16)(H,17,18);9H,3-8H2,1-2H3. The lowest BCUT2D eigenvalue weighted by molar-refractivity contribution is -0.137. The fourth-order valence-electron chi connectivity index (χ4n) is 2.59. The molecule has 3 N–H and O–H groups in total. The van der Waals surface area contributed by atoms with Gasteiger partial charge in [-0.3, -0.25) is 9.59 Å². The molecule has 0 saturated carbocycles. The molecule has 0 spiro atoms. The van der Waals surface area contributed by atoms with Gasteiger partial charge in [0.2, 0.25) is 5.91 Å². The summed E-state index contributed by atoms with van der Waals surface area (Å²) in [5.74, 6) is -1.14. The van der Waals surface area contributed by atoms with Crippen LogP contribution in [0.4, 0.5) is 0 Å². The SMILES string of the molecule is CCCCCCCCCCCC(=O)NCC(=O)O.CCCCNCCCC. The first kappa shape index (κ1) is 28.1. The third-order valence-electron chi connectivity index (χ3n) is 4.36. The first-order valence-electron chi connectivity index (χ1n) is 11.3. The van der Waals surface area contributed by atoms with E-state index in [2.05, 4.69) is 31.4 Å². The third kappa shape index (κ3) is 29.9. The second-order valence-corrected chi connectivity index (χ2v) is 7.21. The van der Waals surface area contributed by atoms with Crippen LogP contribution in [0.25, 0.3) is 0 Å². The van der Waals surface area contributed by atoms with E-state index in [9.17, 15) is 9.59 Å². The van der Waals surface area contributed by atoms with Crippen molar-refractivity contribution in [1.29, 1.82) is 0 Å². The minimum Gasteiger partial charge on any atom is -0.480 e. The summed E-state index contributed by atoms with van der Waals surface area (Å²) in [5.41, 5.74) is 0. The Hall–Kier alpha value is -1.10. The highest BCUT2D eigenvalue weighted by molar-refractivity contribution is 5.80. The van der Waals surface area contributed by atoms with Crippen molar-refractivity contribution >= 4 is 11.9 Å². The predicted molar refractivity (Wildman–Crippen MR) is 115 cm³/mol. The Morgan fingerprint density at radius 2 is 1.11 bits per heavy atom. The molecule has 0 rings (SSSR count). The minimum atomic E-state index is -0.990. The van der Waals surface area contributed by atoms with Crippen molar-refractivity contribution in [2.24, 2.45) is 0 Å². The molecule has 0 fully saturated rings. The van der Waals surface area contributed by atoms with E-state index in [1.807, 2.05) is 0 Å². The fraction of sp³-hybridized carbons (Fsp3) is 0.909. The Bertz CT molecular complexity index is 317. The lowest BCUT2D eigenvalue weighted by Crippen LogP contribution is -2.28. The van der Waals surface area contributed by atoms with Crippen molar-refractivity contribution in [2.75, 3.05) is 19.6 Å². The summed E-state index contributed by atoms with van der Waals surface area (Å²) in [6, 6.07) is 0. The van der Waals surface area contributed by atoms with E-state index in [1.165, 1.54) is 83.7 Å². The molecule has 0 radical (unpaired) electrons. The summed E-state index contributed by atoms with van der Waals surface area (Å²) in [6.07, 6.45) is 16.6. The van der Waals surface area contributed by atoms with E-state index in [-0.39, 0.29) is 12.5 Å². The van der Waals surface area contributed by atoms with Crippen molar-refractivity contribution in [1.82, 2.24) is 10.6 Å². The monoisotopic (exact) mass is 386 g/mol. The fourth-order valence-corrected chi connectivity index (χ4v) is 2.59. The predicted octanol–water partition coefficient (Wildman–Crippen LogP) is 5.28. The summed E-state index contributed by atoms with van der Waals surface area (Å²) in [4.78, 5) is 21.4. The van der Waals surface area contributed by atoms with Gasteiger partial charge in [-0.25, -0.2) is 0 Å². The topological polar surface area (TPSA) is 78.4 Å². The second kappa shape index (κ2) is 24.9. The Morgan fingerprint density at radius 3 is 1.56 bits per heavy atom. The largest absolute Gasteiger partial charge is 0.480 e. The number of rotatable bonds is 18. The van der Waals surface area contributed by atoms with Crippen LogP contribution in [0.5, 0.6) is 0 Å². The van der Waals surface area contributed by atoms with Gasteiger partial charge in [0.1, 0.15) is 6.54 Å². The highest BCUT2D eigenvalue weighted by atomic mass is 16.4. The molecule has 0 saturated heterocycles. The first-order chi connectivity index (χ1) is 13.1. The van der Waals surface area contributed by atoms with Crippen molar-refractivity contribution in [3.63, 3.8) is 0 Å². The van der Waals surface area contributed by atoms with Crippen LogP contribution in [-0.4, -0.2) is 36.6 Å². The zero-order valence-corrected chi connectivity index (χ0v) is 18.3. The van der Waals surface area contributed by atoms with E-state index in [4.69, 9.17) is 5.11 Å². The third-order valence-corrected chi connectivity index (χ3v) is 4.36. The Labute approximate surface area is 168 Å². The number of carboxylic acids is 1. The van der Waals surface area contributed by atoms with Crippen molar-refractivity contribution < 1.29 is 14.7 Å². The zero-order chi connectivity index (χ0) is 20.6. The van der Waals surface area contributed by atoms with E-state index in [1.54, 1.807) is 0 Å². The number of hydrogen-bond donors (Lipinski definition) is 3. The van der Waals surface area contributed by atoms with E-state index in [0.29, 0.717) is 6.42 Å². The molecule has 162 valence electrons. The van der Waals surface area contributed by atoms with Crippen LogP contribution in [0.3, 0.4) is 0 Å². The number of carbonyl (C=O) groups is 2. The number of amides is 1. The Morgan fingerprint density at radius 1 is 0.667 bits per heavy atom. The quantitative estimate of drug-likeness (QED) is 0.280. The summed E-state index contributed by atoms with van der Waals surface area (Å²) in [7, 11) is 0. The maximum Gasteiger partial charge on any atom is 0.322 e. The van der Waals surface area contributed by atoms with Gasteiger partial charge in [-0.15, -0.1) is 0 Å². The van der Waals surface area contributed by atoms with Crippen molar-refractivity contribution in [2.45, 2.75) is 111 Å². The lowest BCUT2D eigenvalue weighted by Gasteiger charge is -2.03. The van der Waals surface area contributed by atoms with Crippen molar-refractivity contribution in [3.05, 3.63) is 0 Å². The van der Waals surface area contributed by atoms with Gasteiger partial charge in [-0.1, -0.05) is 85.0 Å². The molecule has 5 heteroatoms. The van der Waals surface area contributed by atoms with Crippen LogP contribution in [0.2, 0.25) is 0 Å². The average Bonchev–Trinajstić information content (AvgIpc) is 2.65. The summed E-state index contributed by atoms with van der Waals surface area (Å²) in [6.45, 7) is 8.81. The van der Waals surface area contributed by atoms with Crippen LogP contribution >= 0.6 is 0 Å². The highest BCUT2D eigenvalue weighted by Gasteiger charge is 2.02. The Kier molecular flexibility index (Phi) is 25.9. The van der Waals surface area contributed by atoms with Gasteiger partial charge in [0.05, 0.1) is 0 Å². The molecule has 0 aromatic heterocycles. The van der Waals surface area contributed by atoms with Crippen LogP contribution in [0.15, 0.2) is 0 Å². The van der Waals surface area contributed by atoms with Gasteiger partial charge >= 0.3 is 5.97 Å². The number of nitrogens with one attached hydrogen (secondary N) is 2. The lowest BCUT2D eigenvalue weighted by atomic mass is 10.1. The number of hydrogen-bond acceptors (Lipinski definition) is 3. The summed E-state index contributed by atoms with van der Waals surface area (Å²) < 4.78 is 0. The summed E-state index contributed by atoms with van der Waals surface area (Å²) in [5, 5.41) is 14.1. The molecule has 0 aliphatic carbocycles. The molecular weight excluding hydrogens is 340 g/mol. The molecule has 0 bridgehead atoms. The zero-order valence-electron chi connectivity index (χ0n) is 18.3. The minimum absolute atomic E-state index is 0.152. The molecule has 0 aromatic carbocycles. The maximum atomic E-state index is 11.2. The number of unbranched alkanes of at least 4 members (excludes halogenated alkanes) is 10. The van der Waals surface area contributed by atoms with E-state index < -0.39 is 5.97 Å². The van der Waals surface area contributed by atoms with Gasteiger partial charge in [-0.2, -0.15) is 0 Å². The highest BCUT2D eigenvalue weighted by Crippen LogP contribution is 2.10. The van der Waals surface area contributed by atoms with Gasteiger partial charge in [0.15, 0.2) is 0 Å². The molecule has 27 heavy (non-hydrogen) atoms. The molecule has 5 nitrogen and oxygen atoms in total. The molecule has 0 aromatic rings. The second-order valence-electron chi connectivity index (χ2n) is 7.21. The maximum absolute atomic E-state index is 11.2. The van der Waals surface area contributed by atoms with E-state index >= 15 is 0 Å². The summed E-state index contributed by atoms with van der Waals surface area (Å²) >= 11 is 0.